The maximum Gasteiger partial charge on any atom is 0.407 e. The lowest BCUT2D eigenvalue weighted by Gasteiger charge is -2.29. The zero-order valence-electron chi connectivity index (χ0n) is 17.2. The highest BCUT2D eigenvalue weighted by molar-refractivity contribution is 5.87. The number of alkyl carbamates (subject to hydrolysis) is 1. The fraction of sp³-hybridized carbons (Fsp3) is 0.318. The molecule has 9 nitrogen and oxygen atoms in total. The molecule has 0 saturated heterocycles. The molecule has 166 valence electrons. The van der Waals surface area contributed by atoms with E-state index in [1.54, 1.807) is 36.4 Å². The van der Waals surface area contributed by atoms with Crippen LogP contribution in [-0.2, 0) is 27.4 Å². The van der Waals surface area contributed by atoms with Crippen LogP contribution >= 0.6 is 0 Å². The van der Waals surface area contributed by atoms with E-state index in [0.717, 1.165) is 11.1 Å². The van der Waals surface area contributed by atoms with E-state index in [1.165, 1.54) is 6.92 Å². The molecule has 31 heavy (non-hydrogen) atoms. The molecule has 1 atom stereocenters. The summed E-state index contributed by atoms with van der Waals surface area (Å²) in [6.07, 6.45) is -0.568. The summed E-state index contributed by atoms with van der Waals surface area (Å²) < 4.78 is 4.99. The second-order valence-electron chi connectivity index (χ2n) is 7.10. The maximum atomic E-state index is 12.1. The van der Waals surface area contributed by atoms with Crippen LogP contribution in [0.2, 0.25) is 0 Å². The molecule has 0 fully saturated rings. The van der Waals surface area contributed by atoms with Gasteiger partial charge in [0.1, 0.15) is 13.2 Å². The van der Waals surface area contributed by atoms with Crippen LogP contribution in [0, 0.1) is 0 Å². The van der Waals surface area contributed by atoms with Gasteiger partial charge in [-0.25, -0.2) is 4.79 Å². The number of nitrogens with one attached hydrogen (secondary N) is 3. The Labute approximate surface area is 180 Å². The highest BCUT2D eigenvalue weighted by Gasteiger charge is 2.30. The van der Waals surface area contributed by atoms with Crippen LogP contribution < -0.4 is 16.0 Å². The summed E-state index contributed by atoms with van der Waals surface area (Å²) in [4.78, 5) is 35.6. The first-order valence-electron chi connectivity index (χ1n) is 9.73. The van der Waals surface area contributed by atoms with Crippen molar-refractivity contribution in [1.82, 2.24) is 16.0 Å². The summed E-state index contributed by atoms with van der Waals surface area (Å²) in [5.41, 5.74) is 1.62. The molecule has 0 aliphatic carbocycles. The van der Waals surface area contributed by atoms with Crippen molar-refractivity contribution in [3.8, 4) is 0 Å². The molecule has 2 aromatic carbocycles. The Kier molecular flexibility index (Phi) is 8.98. The largest absolute Gasteiger partial charge is 0.445 e. The molecule has 2 rings (SSSR count). The van der Waals surface area contributed by atoms with Gasteiger partial charge in [0.2, 0.25) is 11.8 Å². The summed E-state index contributed by atoms with van der Waals surface area (Å²) in [5, 5.41) is 27.0. The van der Waals surface area contributed by atoms with Crippen molar-refractivity contribution in [2.24, 2.45) is 0 Å². The minimum absolute atomic E-state index is 0.0700. The Hall–Kier alpha value is -3.43. The summed E-state index contributed by atoms with van der Waals surface area (Å²) in [6, 6.07) is 17.1. The van der Waals surface area contributed by atoms with Crippen LogP contribution in [0.5, 0.6) is 0 Å². The first kappa shape index (κ1) is 23.8. The average Bonchev–Trinajstić information content (AvgIpc) is 2.75. The van der Waals surface area contributed by atoms with E-state index in [2.05, 4.69) is 16.0 Å². The number of hydrogen-bond donors (Lipinski definition) is 5. The molecule has 2 aromatic rings. The molecule has 9 heteroatoms. The number of carbonyl (C=O) groups excluding carboxylic acids is 3. The average molecular weight is 429 g/mol. The van der Waals surface area contributed by atoms with Crippen LogP contribution in [0.4, 0.5) is 4.79 Å². The van der Waals surface area contributed by atoms with E-state index in [0.29, 0.717) is 0 Å². The van der Waals surface area contributed by atoms with Gasteiger partial charge in [-0.05, 0) is 24.5 Å². The molecule has 0 heterocycles. The Balaban J connectivity index is 1.71. The van der Waals surface area contributed by atoms with Gasteiger partial charge in [-0.15, -0.1) is 0 Å². The van der Waals surface area contributed by atoms with E-state index in [9.17, 15) is 24.6 Å². The molecule has 0 bridgehead atoms. The van der Waals surface area contributed by atoms with Crippen molar-refractivity contribution in [2.45, 2.75) is 31.8 Å². The Morgan fingerprint density at radius 2 is 1.42 bits per heavy atom. The number of aliphatic hydroxyl groups is 2. The lowest BCUT2D eigenvalue weighted by Crippen LogP contribution is -2.54. The smallest absolute Gasteiger partial charge is 0.407 e. The Morgan fingerprint density at radius 3 is 2.00 bits per heavy atom. The molecule has 0 spiro atoms. The summed E-state index contributed by atoms with van der Waals surface area (Å²) in [5.74, 6) is -3.35. The van der Waals surface area contributed by atoms with E-state index >= 15 is 0 Å². The first-order valence-corrected chi connectivity index (χ1v) is 9.73. The molecule has 0 aliphatic rings. The van der Waals surface area contributed by atoms with Crippen molar-refractivity contribution in [2.75, 3.05) is 13.1 Å². The van der Waals surface area contributed by atoms with Gasteiger partial charge in [-0.2, -0.15) is 0 Å². The van der Waals surface area contributed by atoms with Gasteiger partial charge in [0, 0.05) is 0 Å². The van der Waals surface area contributed by atoms with Crippen molar-refractivity contribution in [3.63, 3.8) is 0 Å². The maximum absolute atomic E-state index is 12.1. The van der Waals surface area contributed by atoms with Crippen molar-refractivity contribution < 1.29 is 29.3 Å². The van der Waals surface area contributed by atoms with Crippen LogP contribution in [0.1, 0.15) is 18.1 Å². The monoisotopic (exact) mass is 429 g/mol. The van der Waals surface area contributed by atoms with Gasteiger partial charge in [0.15, 0.2) is 5.79 Å². The molecule has 0 aromatic heterocycles. The normalized spacial score (nSPS) is 11.8. The molecule has 0 saturated carbocycles. The number of amides is 3. The quantitative estimate of drug-likeness (QED) is 0.348. The van der Waals surface area contributed by atoms with Crippen molar-refractivity contribution >= 4 is 17.9 Å². The van der Waals surface area contributed by atoms with Crippen molar-refractivity contribution in [3.05, 3.63) is 71.8 Å². The van der Waals surface area contributed by atoms with Crippen LogP contribution in [0.3, 0.4) is 0 Å². The van der Waals surface area contributed by atoms with E-state index in [-0.39, 0.29) is 26.1 Å². The zero-order chi connectivity index (χ0) is 22.7. The Bertz CT molecular complexity index is 853. The number of hydrogen-bond acceptors (Lipinski definition) is 6. The zero-order valence-corrected chi connectivity index (χ0v) is 17.2. The molecular weight excluding hydrogens is 402 g/mol. The van der Waals surface area contributed by atoms with Gasteiger partial charge in [-0.3, -0.25) is 9.59 Å². The number of ether oxygens (including phenoxy) is 1. The van der Waals surface area contributed by atoms with E-state index < -0.39 is 29.7 Å². The van der Waals surface area contributed by atoms with Crippen LogP contribution in [0.15, 0.2) is 60.7 Å². The molecular formula is C22H27N3O6. The predicted molar refractivity (Wildman–Crippen MR) is 113 cm³/mol. The number of rotatable bonds is 10. The summed E-state index contributed by atoms with van der Waals surface area (Å²) >= 11 is 0. The molecule has 0 unspecified atom stereocenters. The molecule has 5 N–H and O–H groups in total. The predicted octanol–water partition coefficient (Wildman–Crippen LogP) is 0.457. The summed E-state index contributed by atoms with van der Waals surface area (Å²) in [7, 11) is 0. The van der Waals surface area contributed by atoms with Crippen LogP contribution in [0.25, 0.3) is 0 Å². The number of carbonyl (C=O) groups is 3. The van der Waals surface area contributed by atoms with Crippen molar-refractivity contribution in [1.29, 1.82) is 0 Å². The fourth-order valence-corrected chi connectivity index (χ4v) is 2.64. The standard InChI is InChI=1S/C22H27N3O6/c1-22(29,30)18(12-16-8-4-2-5-9-16)25-20(27)14-23-19(26)13-24-21(28)31-15-17-10-6-3-7-11-17/h2-11,18,29-30H,12-15H2,1H3,(H,23,26)(H,24,28)(H,25,27)/t18-/m0/s1. The highest BCUT2D eigenvalue weighted by Crippen LogP contribution is 2.12. The lowest BCUT2D eigenvalue weighted by atomic mass is 9.99. The first-order chi connectivity index (χ1) is 14.7. The van der Waals surface area contributed by atoms with E-state index in [4.69, 9.17) is 4.74 Å². The number of benzene rings is 2. The minimum atomic E-state index is -2.15. The molecule has 3 amide bonds. The third kappa shape index (κ3) is 9.28. The second kappa shape index (κ2) is 11.7. The van der Waals surface area contributed by atoms with Gasteiger partial charge >= 0.3 is 6.09 Å². The van der Waals surface area contributed by atoms with E-state index in [1.807, 2.05) is 24.3 Å². The topological polar surface area (TPSA) is 137 Å². The third-order valence-corrected chi connectivity index (χ3v) is 4.33. The van der Waals surface area contributed by atoms with Gasteiger partial charge < -0.3 is 30.9 Å². The lowest BCUT2D eigenvalue weighted by molar-refractivity contribution is -0.171. The van der Waals surface area contributed by atoms with Gasteiger partial charge in [0.25, 0.3) is 0 Å². The Morgan fingerprint density at radius 1 is 0.871 bits per heavy atom. The minimum Gasteiger partial charge on any atom is -0.445 e. The third-order valence-electron chi connectivity index (χ3n) is 4.33. The van der Waals surface area contributed by atoms with Gasteiger partial charge in [-0.1, -0.05) is 60.7 Å². The fourth-order valence-electron chi connectivity index (χ4n) is 2.64. The molecule has 0 aliphatic heterocycles. The second-order valence-corrected chi connectivity index (χ2v) is 7.10. The molecule has 0 radical (unpaired) electrons. The SMILES string of the molecule is CC(O)(O)[C@H](Cc1ccccc1)NC(=O)CNC(=O)CNC(=O)OCc1ccccc1. The highest BCUT2D eigenvalue weighted by atomic mass is 16.5. The van der Waals surface area contributed by atoms with Crippen LogP contribution in [-0.4, -0.2) is 53.0 Å². The summed E-state index contributed by atoms with van der Waals surface area (Å²) in [6.45, 7) is 0.484. The van der Waals surface area contributed by atoms with Gasteiger partial charge in [0.05, 0.1) is 12.6 Å².